The Morgan fingerprint density at radius 2 is 1.71 bits per heavy atom. The highest BCUT2D eigenvalue weighted by atomic mass is 16.5. The molecule has 0 bridgehead atoms. The van der Waals surface area contributed by atoms with Gasteiger partial charge in [-0.2, -0.15) is 0 Å². The zero-order valence-electron chi connectivity index (χ0n) is 10.6. The SMILES string of the molecule is CCOC(=O)c1cc(C)n(C)c1C(=O)OCC. The molecule has 1 rings (SSSR count). The van der Waals surface area contributed by atoms with Gasteiger partial charge in [-0.15, -0.1) is 0 Å². The molecule has 0 radical (unpaired) electrons. The zero-order valence-corrected chi connectivity index (χ0v) is 10.6. The maximum atomic E-state index is 11.8. The van der Waals surface area contributed by atoms with Crippen LogP contribution in [0.15, 0.2) is 6.07 Å². The molecule has 1 aromatic rings. The van der Waals surface area contributed by atoms with Gasteiger partial charge in [0.1, 0.15) is 5.69 Å². The van der Waals surface area contributed by atoms with E-state index < -0.39 is 11.9 Å². The van der Waals surface area contributed by atoms with Crippen LogP contribution in [0.4, 0.5) is 0 Å². The molecule has 0 aliphatic heterocycles. The summed E-state index contributed by atoms with van der Waals surface area (Å²) in [5.74, 6) is -1.01. The smallest absolute Gasteiger partial charge is 0.355 e. The summed E-state index contributed by atoms with van der Waals surface area (Å²) in [6, 6.07) is 1.63. The maximum absolute atomic E-state index is 11.8. The van der Waals surface area contributed by atoms with Crippen LogP contribution in [-0.4, -0.2) is 29.7 Å². The molecule has 5 heteroatoms. The zero-order chi connectivity index (χ0) is 13.0. The first-order valence-corrected chi connectivity index (χ1v) is 5.53. The Morgan fingerprint density at radius 3 is 2.24 bits per heavy atom. The van der Waals surface area contributed by atoms with Crippen LogP contribution in [0.2, 0.25) is 0 Å². The number of hydrogen-bond acceptors (Lipinski definition) is 4. The monoisotopic (exact) mass is 239 g/mol. The number of ether oxygens (including phenoxy) is 2. The fourth-order valence-corrected chi connectivity index (χ4v) is 1.54. The third-order valence-electron chi connectivity index (χ3n) is 2.44. The van der Waals surface area contributed by atoms with E-state index in [-0.39, 0.29) is 24.5 Å². The Labute approximate surface area is 100 Å². The van der Waals surface area contributed by atoms with Gasteiger partial charge in [-0.1, -0.05) is 0 Å². The first-order valence-electron chi connectivity index (χ1n) is 5.53. The summed E-state index contributed by atoms with van der Waals surface area (Å²) in [7, 11) is 1.71. The lowest BCUT2D eigenvalue weighted by Gasteiger charge is -2.07. The van der Waals surface area contributed by atoms with Crippen molar-refractivity contribution in [1.82, 2.24) is 4.57 Å². The van der Waals surface area contributed by atoms with Gasteiger partial charge >= 0.3 is 11.9 Å². The van der Waals surface area contributed by atoms with Crippen LogP contribution >= 0.6 is 0 Å². The van der Waals surface area contributed by atoms with Crippen molar-refractivity contribution in [2.24, 2.45) is 7.05 Å². The summed E-state index contributed by atoms with van der Waals surface area (Å²) in [6.07, 6.45) is 0. The van der Waals surface area contributed by atoms with Crippen LogP contribution in [0.1, 0.15) is 40.4 Å². The number of hydrogen-bond donors (Lipinski definition) is 0. The van der Waals surface area contributed by atoms with Gasteiger partial charge in [0.25, 0.3) is 0 Å². The van der Waals surface area contributed by atoms with Crippen molar-refractivity contribution in [2.45, 2.75) is 20.8 Å². The largest absolute Gasteiger partial charge is 0.462 e. The lowest BCUT2D eigenvalue weighted by atomic mass is 10.2. The lowest BCUT2D eigenvalue weighted by Crippen LogP contribution is -2.16. The van der Waals surface area contributed by atoms with Gasteiger partial charge in [0.2, 0.25) is 0 Å². The third kappa shape index (κ3) is 2.67. The predicted octanol–water partition coefficient (Wildman–Crippen LogP) is 1.69. The van der Waals surface area contributed by atoms with Crippen molar-refractivity contribution >= 4 is 11.9 Å². The Balaban J connectivity index is 3.17. The van der Waals surface area contributed by atoms with Gasteiger partial charge in [-0.05, 0) is 26.8 Å². The number of carbonyl (C=O) groups excluding carboxylic acids is 2. The van der Waals surface area contributed by atoms with Gasteiger partial charge in [-0.25, -0.2) is 9.59 Å². The maximum Gasteiger partial charge on any atom is 0.355 e. The molecule has 0 saturated carbocycles. The highest BCUT2D eigenvalue weighted by Crippen LogP contribution is 2.17. The lowest BCUT2D eigenvalue weighted by molar-refractivity contribution is 0.0471. The summed E-state index contributed by atoms with van der Waals surface area (Å²) in [5.41, 5.74) is 1.30. The second-order valence-corrected chi connectivity index (χ2v) is 3.55. The van der Waals surface area contributed by atoms with Crippen molar-refractivity contribution < 1.29 is 19.1 Å². The number of carbonyl (C=O) groups is 2. The van der Waals surface area contributed by atoms with E-state index in [4.69, 9.17) is 9.47 Å². The summed E-state index contributed by atoms with van der Waals surface area (Å²) < 4.78 is 11.5. The summed E-state index contributed by atoms with van der Waals surface area (Å²) in [5, 5.41) is 0. The molecule has 0 atom stereocenters. The van der Waals surface area contributed by atoms with Crippen LogP contribution in [0.5, 0.6) is 0 Å². The number of esters is 2. The van der Waals surface area contributed by atoms with Crippen LogP contribution in [0.3, 0.4) is 0 Å². The number of nitrogens with zero attached hydrogens (tertiary/aromatic N) is 1. The van der Waals surface area contributed by atoms with E-state index in [2.05, 4.69) is 0 Å². The molecule has 0 N–H and O–H groups in total. The molecule has 1 aromatic heterocycles. The van der Waals surface area contributed by atoms with Crippen LogP contribution in [0.25, 0.3) is 0 Å². The van der Waals surface area contributed by atoms with Gasteiger partial charge in [0.05, 0.1) is 18.8 Å². The van der Waals surface area contributed by atoms with Crippen LogP contribution < -0.4 is 0 Å². The minimum Gasteiger partial charge on any atom is -0.462 e. The predicted molar refractivity (Wildman–Crippen MR) is 62.1 cm³/mol. The van der Waals surface area contributed by atoms with Gasteiger partial charge in [0.15, 0.2) is 0 Å². The highest BCUT2D eigenvalue weighted by Gasteiger charge is 2.24. The molecule has 0 saturated heterocycles. The van der Waals surface area contributed by atoms with Gasteiger partial charge in [-0.3, -0.25) is 0 Å². The molecule has 5 nitrogen and oxygen atoms in total. The first-order chi connectivity index (χ1) is 8.02. The van der Waals surface area contributed by atoms with E-state index in [0.29, 0.717) is 0 Å². The fraction of sp³-hybridized carbons (Fsp3) is 0.500. The van der Waals surface area contributed by atoms with E-state index in [0.717, 1.165) is 5.69 Å². The Hall–Kier alpha value is -1.78. The van der Waals surface area contributed by atoms with Gasteiger partial charge in [0, 0.05) is 12.7 Å². The molecule has 0 aromatic carbocycles. The molecule has 1 heterocycles. The third-order valence-corrected chi connectivity index (χ3v) is 2.44. The Kier molecular flexibility index (Phi) is 4.31. The molecule has 17 heavy (non-hydrogen) atoms. The second-order valence-electron chi connectivity index (χ2n) is 3.55. The van der Waals surface area contributed by atoms with E-state index in [1.165, 1.54) is 0 Å². The van der Waals surface area contributed by atoms with Crippen molar-refractivity contribution in [3.63, 3.8) is 0 Å². The number of aryl methyl sites for hydroxylation is 1. The number of aromatic nitrogens is 1. The minimum atomic E-state index is -0.508. The van der Waals surface area contributed by atoms with E-state index in [1.807, 2.05) is 6.92 Å². The molecular formula is C12H17NO4. The van der Waals surface area contributed by atoms with E-state index >= 15 is 0 Å². The average Bonchev–Trinajstić information content (AvgIpc) is 2.56. The summed E-state index contributed by atoms with van der Waals surface area (Å²) >= 11 is 0. The molecule has 94 valence electrons. The van der Waals surface area contributed by atoms with Crippen molar-refractivity contribution in [3.05, 3.63) is 23.0 Å². The topological polar surface area (TPSA) is 57.5 Å². The second kappa shape index (κ2) is 5.52. The van der Waals surface area contributed by atoms with Crippen LogP contribution in [0, 0.1) is 6.92 Å². The minimum absolute atomic E-state index is 0.239. The molecule has 0 amide bonds. The normalized spacial score (nSPS) is 10.1. The average molecular weight is 239 g/mol. The van der Waals surface area contributed by atoms with Crippen molar-refractivity contribution in [3.8, 4) is 0 Å². The molecule has 0 aliphatic rings. The quantitative estimate of drug-likeness (QED) is 0.750. The molecule has 0 spiro atoms. The highest BCUT2D eigenvalue weighted by molar-refractivity contribution is 6.02. The molecular weight excluding hydrogens is 222 g/mol. The first kappa shape index (κ1) is 13.3. The summed E-state index contributed by atoms with van der Waals surface area (Å²) in [6.45, 7) is 5.79. The summed E-state index contributed by atoms with van der Waals surface area (Å²) in [4.78, 5) is 23.5. The molecule has 0 fully saturated rings. The Morgan fingerprint density at radius 1 is 1.18 bits per heavy atom. The molecule has 0 unspecified atom stereocenters. The standard InChI is InChI=1S/C12H17NO4/c1-5-16-11(14)9-7-8(3)13(4)10(9)12(15)17-6-2/h7H,5-6H2,1-4H3. The van der Waals surface area contributed by atoms with E-state index in [1.54, 1.807) is 31.5 Å². The van der Waals surface area contributed by atoms with Gasteiger partial charge < -0.3 is 14.0 Å². The molecule has 0 aliphatic carbocycles. The van der Waals surface area contributed by atoms with E-state index in [9.17, 15) is 9.59 Å². The van der Waals surface area contributed by atoms with Crippen molar-refractivity contribution in [1.29, 1.82) is 0 Å². The fourth-order valence-electron chi connectivity index (χ4n) is 1.54. The Bertz CT molecular complexity index is 434. The number of rotatable bonds is 4. The van der Waals surface area contributed by atoms with Crippen molar-refractivity contribution in [2.75, 3.05) is 13.2 Å². The van der Waals surface area contributed by atoms with Crippen LogP contribution in [-0.2, 0) is 16.5 Å².